The number of benzene rings is 8. The Balaban J connectivity index is 1.12. The van der Waals surface area contributed by atoms with E-state index in [1.807, 2.05) is 6.20 Å². The Bertz CT molecular complexity index is 3110. The number of furan rings is 1. The Morgan fingerprint density at radius 2 is 0.982 bits per heavy atom. The average molecular weight is 701 g/mol. The SMILES string of the molecule is c1ccc(-c2ccc(N(c3ccc4c(c3)-c3ccccc3C43c4ccccc4-c4ccccc43)c3ccnc4oc5cc6ccccc6cc5c34)cc2)cc1. The van der Waals surface area contributed by atoms with Crippen LogP contribution in [0.1, 0.15) is 22.3 Å². The predicted octanol–water partition coefficient (Wildman–Crippen LogP) is 13.6. The maximum Gasteiger partial charge on any atom is 0.229 e. The van der Waals surface area contributed by atoms with Crippen LogP contribution >= 0.6 is 0 Å². The summed E-state index contributed by atoms with van der Waals surface area (Å²) >= 11 is 0. The number of hydrogen-bond acceptors (Lipinski definition) is 3. The van der Waals surface area contributed by atoms with E-state index in [0.29, 0.717) is 5.71 Å². The van der Waals surface area contributed by atoms with Crippen molar-refractivity contribution in [2.24, 2.45) is 0 Å². The van der Waals surface area contributed by atoms with Crippen LogP contribution in [0.5, 0.6) is 0 Å². The van der Waals surface area contributed by atoms with E-state index in [0.717, 1.165) is 38.8 Å². The van der Waals surface area contributed by atoms with Crippen LogP contribution < -0.4 is 4.90 Å². The molecular weight excluding hydrogens is 669 g/mol. The molecule has 0 saturated carbocycles. The van der Waals surface area contributed by atoms with E-state index in [2.05, 4.69) is 193 Å². The third-order valence-electron chi connectivity index (χ3n) is 11.9. The first kappa shape index (κ1) is 30.3. The van der Waals surface area contributed by atoms with Gasteiger partial charge < -0.3 is 9.32 Å². The first-order chi connectivity index (χ1) is 27.3. The van der Waals surface area contributed by atoms with Gasteiger partial charge in [0.15, 0.2) is 0 Å². The molecule has 0 radical (unpaired) electrons. The summed E-state index contributed by atoms with van der Waals surface area (Å²) in [5.41, 5.74) is 17.0. The zero-order chi connectivity index (χ0) is 36.1. The standard InChI is InChI=1S/C52H32N2O/c1-2-12-33(13-3-1)34-22-24-37(25-23-34)54(48-28-29-53-51-50(48)43-30-35-14-4-5-15-36(35)31-49(43)55-51)38-26-27-47-42(32-38)41-18-8-11-21-46(41)52(47)44-19-9-6-16-39(44)40-17-7-10-20-45(40)52/h1-32H. The molecule has 2 heterocycles. The molecule has 0 amide bonds. The van der Waals surface area contributed by atoms with Gasteiger partial charge in [0.1, 0.15) is 5.58 Å². The molecule has 0 bridgehead atoms. The lowest BCUT2D eigenvalue weighted by atomic mass is 9.70. The van der Waals surface area contributed by atoms with Gasteiger partial charge in [0.25, 0.3) is 0 Å². The van der Waals surface area contributed by atoms with Crippen molar-refractivity contribution in [3.8, 4) is 33.4 Å². The normalized spacial score (nSPS) is 13.2. The van der Waals surface area contributed by atoms with Crippen LogP contribution in [0.15, 0.2) is 199 Å². The van der Waals surface area contributed by atoms with E-state index in [-0.39, 0.29) is 0 Å². The minimum absolute atomic E-state index is 0.397. The van der Waals surface area contributed by atoms with E-state index in [9.17, 15) is 0 Å². The van der Waals surface area contributed by atoms with Gasteiger partial charge >= 0.3 is 0 Å². The minimum atomic E-state index is -0.397. The highest BCUT2D eigenvalue weighted by Crippen LogP contribution is 2.63. The molecule has 0 aliphatic heterocycles. The lowest BCUT2D eigenvalue weighted by Crippen LogP contribution is -2.25. The third-order valence-corrected chi connectivity index (χ3v) is 11.9. The van der Waals surface area contributed by atoms with Crippen LogP contribution in [-0.4, -0.2) is 4.98 Å². The van der Waals surface area contributed by atoms with Crippen LogP contribution in [0.3, 0.4) is 0 Å². The average Bonchev–Trinajstić information content (AvgIpc) is 3.87. The lowest BCUT2D eigenvalue weighted by molar-refractivity contribution is 0.654. The highest BCUT2D eigenvalue weighted by Gasteiger charge is 2.51. The largest absolute Gasteiger partial charge is 0.438 e. The number of fused-ring (bicyclic) bond motifs is 14. The maximum absolute atomic E-state index is 6.51. The molecule has 1 spiro atoms. The summed E-state index contributed by atoms with van der Waals surface area (Å²) in [6, 6.07) is 68.5. The molecule has 3 heteroatoms. The van der Waals surface area contributed by atoms with Crippen LogP contribution in [0.2, 0.25) is 0 Å². The fraction of sp³-hybridized carbons (Fsp3) is 0.0192. The van der Waals surface area contributed by atoms with Crippen LogP contribution in [-0.2, 0) is 5.41 Å². The van der Waals surface area contributed by atoms with Crippen molar-refractivity contribution in [3.63, 3.8) is 0 Å². The van der Waals surface area contributed by atoms with Crippen molar-refractivity contribution < 1.29 is 4.42 Å². The molecule has 0 N–H and O–H groups in total. The number of aromatic nitrogens is 1. The van der Waals surface area contributed by atoms with Gasteiger partial charge in [-0.15, -0.1) is 0 Å². The summed E-state index contributed by atoms with van der Waals surface area (Å²) in [4.78, 5) is 7.16. The fourth-order valence-electron chi connectivity index (χ4n) is 9.64. The molecule has 2 aliphatic rings. The van der Waals surface area contributed by atoms with Crippen molar-refractivity contribution in [2.45, 2.75) is 5.41 Å². The van der Waals surface area contributed by atoms with Gasteiger partial charge in [0.05, 0.1) is 16.5 Å². The summed E-state index contributed by atoms with van der Waals surface area (Å²) < 4.78 is 6.51. The summed E-state index contributed by atoms with van der Waals surface area (Å²) in [6.45, 7) is 0. The van der Waals surface area contributed by atoms with Crippen molar-refractivity contribution in [2.75, 3.05) is 4.90 Å². The molecule has 0 atom stereocenters. The lowest BCUT2D eigenvalue weighted by Gasteiger charge is -2.31. The summed E-state index contributed by atoms with van der Waals surface area (Å²) in [6.07, 6.45) is 1.87. The molecule has 0 saturated heterocycles. The smallest absolute Gasteiger partial charge is 0.229 e. The van der Waals surface area contributed by atoms with Gasteiger partial charge in [0.2, 0.25) is 5.71 Å². The van der Waals surface area contributed by atoms with Crippen molar-refractivity contribution in [1.82, 2.24) is 4.98 Å². The van der Waals surface area contributed by atoms with Crippen LogP contribution in [0.4, 0.5) is 17.1 Å². The third kappa shape index (κ3) is 4.18. The quantitative estimate of drug-likeness (QED) is 0.183. The first-order valence-corrected chi connectivity index (χ1v) is 18.9. The zero-order valence-corrected chi connectivity index (χ0v) is 29.8. The Hall–Kier alpha value is -7.23. The minimum Gasteiger partial charge on any atom is -0.438 e. The molecule has 55 heavy (non-hydrogen) atoms. The number of hydrogen-bond donors (Lipinski definition) is 0. The monoisotopic (exact) mass is 700 g/mol. The van der Waals surface area contributed by atoms with E-state index in [1.165, 1.54) is 61.0 Å². The molecule has 0 fully saturated rings. The summed E-state index contributed by atoms with van der Waals surface area (Å²) in [5.74, 6) is 0. The summed E-state index contributed by atoms with van der Waals surface area (Å²) in [7, 11) is 0. The molecule has 0 unspecified atom stereocenters. The first-order valence-electron chi connectivity index (χ1n) is 18.9. The number of pyridine rings is 1. The van der Waals surface area contributed by atoms with Crippen molar-refractivity contribution >= 4 is 49.9 Å². The Morgan fingerprint density at radius 3 is 1.67 bits per heavy atom. The molecule has 8 aromatic carbocycles. The van der Waals surface area contributed by atoms with Crippen molar-refractivity contribution in [3.05, 3.63) is 217 Å². The van der Waals surface area contributed by atoms with Gasteiger partial charge in [-0.1, -0.05) is 146 Å². The fourth-order valence-corrected chi connectivity index (χ4v) is 9.64. The van der Waals surface area contributed by atoms with Gasteiger partial charge in [-0.25, -0.2) is 4.98 Å². The van der Waals surface area contributed by atoms with Crippen LogP contribution in [0.25, 0.3) is 66.2 Å². The topological polar surface area (TPSA) is 29.3 Å². The number of anilines is 3. The number of nitrogens with zero attached hydrogens (tertiary/aromatic N) is 2. The second kappa shape index (κ2) is 11.4. The van der Waals surface area contributed by atoms with E-state index in [4.69, 9.17) is 9.40 Å². The second-order valence-electron chi connectivity index (χ2n) is 14.7. The summed E-state index contributed by atoms with van der Waals surface area (Å²) in [5, 5.41) is 4.35. The number of rotatable bonds is 4. The van der Waals surface area contributed by atoms with Gasteiger partial charge in [0, 0.05) is 23.0 Å². The highest BCUT2D eigenvalue weighted by atomic mass is 16.3. The molecule has 3 nitrogen and oxygen atoms in total. The Labute approximate surface area is 318 Å². The van der Waals surface area contributed by atoms with Gasteiger partial charge in [-0.3, -0.25) is 0 Å². The van der Waals surface area contributed by atoms with Crippen molar-refractivity contribution in [1.29, 1.82) is 0 Å². The maximum atomic E-state index is 6.51. The van der Waals surface area contributed by atoms with Crippen LogP contribution in [0, 0.1) is 0 Å². The predicted molar refractivity (Wildman–Crippen MR) is 225 cm³/mol. The van der Waals surface area contributed by atoms with E-state index < -0.39 is 5.41 Å². The van der Waals surface area contributed by atoms with Gasteiger partial charge in [-0.05, 0) is 109 Å². The zero-order valence-electron chi connectivity index (χ0n) is 29.8. The highest BCUT2D eigenvalue weighted by molar-refractivity contribution is 6.15. The molecule has 2 aromatic heterocycles. The molecule has 12 rings (SSSR count). The van der Waals surface area contributed by atoms with E-state index in [1.54, 1.807) is 0 Å². The second-order valence-corrected chi connectivity index (χ2v) is 14.7. The van der Waals surface area contributed by atoms with Gasteiger partial charge in [-0.2, -0.15) is 0 Å². The van der Waals surface area contributed by atoms with E-state index >= 15 is 0 Å². The molecule has 256 valence electrons. The molecule has 10 aromatic rings. The molecule has 2 aliphatic carbocycles. The Morgan fingerprint density at radius 1 is 0.436 bits per heavy atom. The Kier molecular flexibility index (Phi) is 6.26. The molecular formula is C52H32N2O.